The maximum Gasteiger partial charge on any atom is 0.350 e. The minimum absolute atomic E-state index is 0.111. The van der Waals surface area contributed by atoms with E-state index in [1.165, 1.54) is 17.3 Å². The third kappa shape index (κ3) is 5.57. The van der Waals surface area contributed by atoms with Gasteiger partial charge < -0.3 is 10.1 Å². The Morgan fingerprint density at radius 2 is 1.88 bits per heavy atom. The third-order valence-electron chi connectivity index (χ3n) is 3.59. The predicted molar refractivity (Wildman–Crippen MR) is 107 cm³/mol. The SMILES string of the molecule is CCOC(=O)c1sc(NC(=O)CSc2ccc(C(C)(C)C)cc2)nc1C. The van der Waals surface area contributed by atoms with Gasteiger partial charge in [-0.3, -0.25) is 4.79 Å². The Morgan fingerprint density at radius 1 is 1.23 bits per heavy atom. The number of amides is 1. The number of ether oxygens (including phenoxy) is 1. The molecule has 1 aromatic heterocycles. The molecule has 0 aliphatic heterocycles. The molecule has 1 N–H and O–H groups in total. The van der Waals surface area contributed by atoms with Crippen molar-refractivity contribution >= 4 is 40.1 Å². The molecular weight excluding hydrogens is 368 g/mol. The average Bonchev–Trinajstić information content (AvgIpc) is 2.93. The van der Waals surface area contributed by atoms with Gasteiger partial charge in [0.15, 0.2) is 5.13 Å². The number of carbonyl (C=O) groups is 2. The van der Waals surface area contributed by atoms with Gasteiger partial charge in [-0.15, -0.1) is 11.8 Å². The van der Waals surface area contributed by atoms with Crippen molar-refractivity contribution < 1.29 is 14.3 Å². The van der Waals surface area contributed by atoms with Gasteiger partial charge >= 0.3 is 5.97 Å². The van der Waals surface area contributed by atoms with Crippen molar-refractivity contribution in [2.45, 2.75) is 44.9 Å². The van der Waals surface area contributed by atoms with Crippen LogP contribution in [0.15, 0.2) is 29.2 Å². The van der Waals surface area contributed by atoms with Gasteiger partial charge in [0.1, 0.15) is 4.88 Å². The fraction of sp³-hybridized carbons (Fsp3) is 0.421. The number of nitrogens with one attached hydrogen (secondary N) is 1. The number of nitrogens with zero attached hydrogens (tertiary/aromatic N) is 1. The van der Waals surface area contributed by atoms with E-state index in [1.807, 2.05) is 12.1 Å². The van der Waals surface area contributed by atoms with Crippen LogP contribution in [-0.2, 0) is 14.9 Å². The van der Waals surface area contributed by atoms with E-state index >= 15 is 0 Å². The second-order valence-electron chi connectivity index (χ2n) is 6.77. The standard InChI is InChI=1S/C19H24N2O3S2/c1-6-24-17(23)16-12(2)20-18(26-16)21-15(22)11-25-14-9-7-13(8-10-14)19(3,4)5/h7-10H,6,11H2,1-5H3,(H,20,21,22). The molecule has 0 saturated heterocycles. The van der Waals surface area contributed by atoms with Crippen molar-refractivity contribution in [1.82, 2.24) is 4.98 Å². The maximum atomic E-state index is 12.1. The van der Waals surface area contributed by atoms with Gasteiger partial charge in [0, 0.05) is 4.90 Å². The minimum atomic E-state index is -0.406. The van der Waals surface area contributed by atoms with E-state index in [0.717, 1.165) is 16.2 Å². The molecule has 140 valence electrons. The first-order valence-electron chi connectivity index (χ1n) is 8.38. The van der Waals surface area contributed by atoms with Gasteiger partial charge in [0.25, 0.3) is 0 Å². The van der Waals surface area contributed by atoms with Crippen LogP contribution in [0, 0.1) is 6.92 Å². The molecule has 0 bridgehead atoms. The lowest BCUT2D eigenvalue weighted by Crippen LogP contribution is -2.14. The van der Waals surface area contributed by atoms with E-state index in [2.05, 4.69) is 43.2 Å². The van der Waals surface area contributed by atoms with Crippen LogP contribution in [0.5, 0.6) is 0 Å². The largest absolute Gasteiger partial charge is 0.462 e. The number of thiazole rings is 1. The zero-order valence-corrected chi connectivity index (χ0v) is 17.3. The Bertz CT molecular complexity index is 777. The monoisotopic (exact) mass is 392 g/mol. The Labute approximate surface area is 162 Å². The highest BCUT2D eigenvalue weighted by atomic mass is 32.2. The number of benzene rings is 1. The van der Waals surface area contributed by atoms with Gasteiger partial charge in [-0.25, -0.2) is 9.78 Å². The Morgan fingerprint density at radius 3 is 2.46 bits per heavy atom. The lowest BCUT2D eigenvalue weighted by Gasteiger charge is -2.19. The molecule has 0 unspecified atom stereocenters. The van der Waals surface area contributed by atoms with Gasteiger partial charge in [-0.1, -0.05) is 44.2 Å². The van der Waals surface area contributed by atoms with Crippen LogP contribution >= 0.6 is 23.1 Å². The molecule has 26 heavy (non-hydrogen) atoms. The van der Waals surface area contributed by atoms with Crippen LogP contribution in [0.1, 0.15) is 48.6 Å². The Kier molecular flexibility index (Phi) is 6.83. The predicted octanol–water partition coefficient (Wildman–Crippen LogP) is 4.66. The number of carbonyl (C=O) groups excluding carboxylic acids is 2. The molecule has 0 aliphatic rings. The summed E-state index contributed by atoms with van der Waals surface area (Å²) in [4.78, 5) is 29.6. The molecule has 2 rings (SSSR count). The van der Waals surface area contributed by atoms with Crippen molar-refractivity contribution in [3.05, 3.63) is 40.4 Å². The maximum absolute atomic E-state index is 12.1. The van der Waals surface area contributed by atoms with Crippen molar-refractivity contribution in [2.75, 3.05) is 17.7 Å². The van der Waals surface area contributed by atoms with E-state index in [9.17, 15) is 9.59 Å². The summed E-state index contributed by atoms with van der Waals surface area (Å²) in [6, 6.07) is 8.25. The summed E-state index contributed by atoms with van der Waals surface area (Å²) < 4.78 is 4.98. The summed E-state index contributed by atoms with van der Waals surface area (Å²) >= 11 is 2.60. The highest BCUT2D eigenvalue weighted by Crippen LogP contribution is 2.26. The van der Waals surface area contributed by atoms with Gasteiger partial charge in [0.05, 0.1) is 18.1 Å². The number of thioether (sulfide) groups is 1. The third-order valence-corrected chi connectivity index (χ3v) is 5.66. The highest BCUT2D eigenvalue weighted by molar-refractivity contribution is 8.00. The molecule has 7 heteroatoms. The van der Waals surface area contributed by atoms with Crippen LogP contribution in [0.4, 0.5) is 5.13 Å². The average molecular weight is 393 g/mol. The van der Waals surface area contributed by atoms with Crippen molar-refractivity contribution in [2.24, 2.45) is 0 Å². The van der Waals surface area contributed by atoms with E-state index in [4.69, 9.17) is 4.74 Å². The molecule has 0 spiro atoms. The molecule has 5 nitrogen and oxygen atoms in total. The normalized spacial score (nSPS) is 11.3. The van der Waals surface area contributed by atoms with Crippen molar-refractivity contribution in [1.29, 1.82) is 0 Å². The number of aromatic nitrogens is 1. The summed E-state index contributed by atoms with van der Waals surface area (Å²) in [6.45, 7) is 10.3. The van der Waals surface area contributed by atoms with Crippen molar-refractivity contribution in [3.8, 4) is 0 Å². The lowest BCUT2D eigenvalue weighted by molar-refractivity contribution is -0.113. The zero-order chi connectivity index (χ0) is 19.3. The number of hydrogen-bond donors (Lipinski definition) is 1. The quantitative estimate of drug-likeness (QED) is 0.572. The zero-order valence-electron chi connectivity index (χ0n) is 15.7. The lowest BCUT2D eigenvalue weighted by atomic mass is 9.87. The second-order valence-corrected chi connectivity index (χ2v) is 8.81. The van der Waals surface area contributed by atoms with E-state index < -0.39 is 5.97 Å². The van der Waals surface area contributed by atoms with Gasteiger partial charge in [-0.2, -0.15) is 0 Å². The fourth-order valence-corrected chi connectivity index (χ4v) is 3.77. The minimum Gasteiger partial charge on any atom is -0.462 e. The summed E-state index contributed by atoms with van der Waals surface area (Å²) in [6.07, 6.45) is 0. The summed E-state index contributed by atoms with van der Waals surface area (Å²) in [7, 11) is 0. The van der Waals surface area contributed by atoms with Gasteiger partial charge in [-0.05, 0) is 37.0 Å². The molecule has 0 fully saturated rings. The molecule has 1 amide bonds. The van der Waals surface area contributed by atoms with E-state index in [-0.39, 0.29) is 17.1 Å². The first-order valence-corrected chi connectivity index (χ1v) is 10.2. The Hall–Kier alpha value is -1.86. The summed E-state index contributed by atoms with van der Waals surface area (Å²) in [5.74, 6) is -0.280. The highest BCUT2D eigenvalue weighted by Gasteiger charge is 2.18. The first kappa shape index (κ1) is 20.5. The van der Waals surface area contributed by atoms with E-state index in [1.54, 1.807) is 13.8 Å². The van der Waals surface area contributed by atoms with Crippen molar-refractivity contribution in [3.63, 3.8) is 0 Å². The molecule has 0 radical (unpaired) electrons. The van der Waals surface area contributed by atoms with E-state index in [0.29, 0.717) is 22.3 Å². The number of rotatable bonds is 6. The molecule has 0 atom stereocenters. The Balaban J connectivity index is 1.91. The summed E-state index contributed by atoms with van der Waals surface area (Å²) in [5.41, 5.74) is 1.94. The number of aryl methyl sites for hydroxylation is 1. The molecule has 1 heterocycles. The topological polar surface area (TPSA) is 68.3 Å². The van der Waals surface area contributed by atoms with Crippen LogP contribution < -0.4 is 5.32 Å². The molecule has 0 saturated carbocycles. The molecule has 2 aromatic rings. The molecule has 1 aromatic carbocycles. The van der Waals surface area contributed by atoms with Crippen LogP contribution in [0.3, 0.4) is 0 Å². The summed E-state index contributed by atoms with van der Waals surface area (Å²) in [5, 5.41) is 3.16. The molecule has 0 aliphatic carbocycles. The van der Waals surface area contributed by atoms with Crippen LogP contribution in [-0.4, -0.2) is 29.2 Å². The number of hydrogen-bond acceptors (Lipinski definition) is 6. The fourth-order valence-electron chi connectivity index (χ4n) is 2.19. The second kappa shape index (κ2) is 8.68. The van der Waals surface area contributed by atoms with Crippen LogP contribution in [0.2, 0.25) is 0 Å². The number of anilines is 1. The smallest absolute Gasteiger partial charge is 0.350 e. The first-order chi connectivity index (χ1) is 12.2. The molecular formula is C19H24N2O3S2. The number of esters is 1. The van der Waals surface area contributed by atoms with Crippen LogP contribution in [0.25, 0.3) is 0 Å². The van der Waals surface area contributed by atoms with Gasteiger partial charge in [0.2, 0.25) is 5.91 Å².